The molecule has 0 amide bonds. The molecule has 2 heterocycles. The number of pyridine rings is 1. The average molecular weight is 325 g/mol. The molecule has 0 spiro atoms. The predicted octanol–water partition coefficient (Wildman–Crippen LogP) is 4.30. The van der Waals surface area contributed by atoms with E-state index in [2.05, 4.69) is 57.6 Å². The van der Waals surface area contributed by atoms with Gasteiger partial charge in [-0.25, -0.2) is 0 Å². The van der Waals surface area contributed by atoms with Crippen LogP contribution in [0.2, 0.25) is 0 Å². The molecule has 0 aliphatic carbocycles. The summed E-state index contributed by atoms with van der Waals surface area (Å²) in [5, 5.41) is 5.74. The molecule has 0 radical (unpaired) electrons. The minimum absolute atomic E-state index is 0.252. The minimum Gasteiger partial charge on any atom is -0.306 e. The number of hydrogen-bond acceptors (Lipinski definition) is 3. The van der Waals surface area contributed by atoms with Crippen LogP contribution in [0.25, 0.3) is 0 Å². The molecule has 2 nitrogen and oxygen atoms in total. The molecule has 0 aromatic carbocycles. The maximum absolute atomic E-state index is 4.18. The molecule has 1 atom stereocenters. The summed E-state index contributed by atoms with van der Waals surface area (Å²) in [4.78, 5) is 5.51. The van der Waals surface area contributed by atoms with Gasteiger partial charge >= 0.3 is 0 Å². The summed E-state index contributed by atoms with van der Waals surface area (Å²) in [5.74, 6) is 0. The van der Waals surface area contributed by atoms with Crippen molar-refractivity contribution in [2.45, 2.75) is 26.3 Å². The van der Waals surface area contributed by atoms with Gasteiger partial charge in [0.2, 0.25) is 0 Å². The second kappa shape index (κ2) is 6.45. The highest BCUT2D eigenvalue weighted by atomic mass is 79.9. The minimum atomic E-state index is 0.252. The van der Waals surface area contributed by atoms with Gasteiger partial charge in [0.25, 0.3) is 0 Å². The Morgan fingerprint density at radius 3 is 2.89 bits per heavy atom. The zero-order valence-electron chi connectivity index (χ0n) is 10.6. The summed E-state index contributed by atoms with van der Waals surface area (Å²) in [5.41, 5.74) is 2.54. The van der Waals surface area contributed by atoms with E-state index in [1.165, 1.54) is 20.5 Å². The van der Waals surface area contributed by atoms with Gasteiger partial charge in [-0.15, -0.1) is 11.3 Å². The smallest absolute Gasteiger partial charge is 0.0686 e. The topological polar surface area (TPSA) is 24.9 Å². The van der Waals surface area contributed by atoms with Crippen LogP contribution in [-0.4, -0.2) is 11.5 Å². The monoisotopic (exact) mass is 324 g/mol. The fraction of sp³-hybridized carbons (Fsp3) is 0.357. The third-order valence-corrected chi connectivity index (χ3v) is 4.82. The molecule has 0 aliphatic rings. The molecule has 0 saturated carbocycles. The van der Waals surface area contributed by atoms with Crippen LogP contribution in [0.15, 0.2) is 34.4 Å². The van der Waals surface area contributed by atoms with Crippen molar-refractivity contribution in [3.8, 4) is 0 Å². The van der Waals surface area contributed by atoms with Crippen molar-refractivity contribution in [2.24, 2.45) is 0 Å². The number of nitrogens with one attached hydrogen (secondary N) is 1. The van der Waals surface area contributed by atoms with Crippen molar-refractivity contribution >= 4 is 27.3 Å². The van der Waals surface area contributed by atoms with Crippen molar-refractivity contribution in [2.75, 3.05) is 6.54 Å². The number of nitrogens with zero attached hydrogens (tertiary/aromatic N) is 1. The molecule has 0 aliphatic heterocycles. The lowest BCUT2D eigenvalue weighted by Gasteiger charge is -2.20. The Bertz CT molecular complexity index is 510. The standard InChI is InChI=1S/C14H17BrN2S/c1-3-6-17-13(14-12(15)5-8-18-14)11-4-7-16-9-10(11)2/h4-5,7-9,13,17H,3,6H2,1-2H3. The Balaban J connectivity index is 2.37. The van der Waals surface area contributed by atoms with Crippen molar-refractivity contribution in [1.29, 1.82) is 0 Å². The molecule has 0 bridgehead atoms. The fourth-order valence-electron chi connectivity index (χ4n) is 1.95. The van der Waals surface area contributed by atoms with Gasteiger partial charge in [-0.3, -0.25) is 4.98 Å². The Kier molecular flexibility index (Phi) is 4.92. The van der Waals surface area contributed by atoms with Gasteiger partial charge in [-0.05, 0) is 64.5 Å². The van der Waals surface area contributed by atoms with Gasteiger partial charge in [0.1, 0.15) is 0 Å². The highest BCUT2D eigenvalue weighted by Crippen LogP contribution is 2.34. The van der Waals surface area contributed by atoms with E-state index in [9.17, 15) is 0 Å². The first-order valence-corrected chi connectivity index (χ1v) is 7.78. The molecule has 1 unspecified atom stereocenters. The number of thiophene rings is 1. The third-order valence-electron chi connectivity index (χ3n) is 2.88. The quantitative estimate of drug-likeness (QED) is 0.886. The summed E-state index contributed by atoms with van der Waals surface area (Å²) in [6.45, 7) is 5.31. The van der Waals surface area contributed by atoms with Crippen LogP contribution >= 0.6 is 27.3 Å². The third kappa shape index (κ3) is 2.99. The highest BCUT2D eigenvalue weighted by Gasteiger charge is 2.18. The molecule has 0 saturated heterocycles. The van der Waals surface area contributed by atoms with Crippen LogP contribution in [-0.2, 0) is 0 Å². The van der Waals surface area contributed by atoms with Crippen LogP contribution in [0.4, 0.5) is 0 Å². The SMILES string of the molecule is CCCNC(c1ccncc1C)c1sccc1Br. The fourth-order valence-corrected chi connectivity index (χ4v) is 3.65. The summed E-state index contributed by atoms with van der Waals surface area (Å²) in [6.07, 6.45) is 4.92. The first-order chi connectivity index (χ1) is 8.74. The zero-order valence-corrected chi connectivity index (χ0v) is 13.0. The van der Waals surface area contributed by atoms with E-state index in [4.69, 9.17) is 0 Å². The van der Waals surface area contributed by atoms with Crippen LogP contribution < -0.4 is 5.32 Å². The summed E-state index contributed by atoms with van der Waals surface area (Å²) in [7, 11) is 0. The second-order valence-electron chi connectivity index (χ2n) is 4.25. The molecule has 2 rings (SSSR count). The lowest BCUT2D eigenvalue weighted by atomic mass is 10.0. The lowest BCUT2D eigenvalue weighted by molar-refractivity contribution is 0.601. The summed E-state index contributed by atoms with van der Waals surface area (Å²) < 4.78 is 1.18. The van der Waals surface area contributed by atoms with Gasteiger partial charge in [0, 0.05) is 21.7 Å². The summed E-state index contributed by atoms with van der Waals surface area (Å²) in [6, 6.07) is 4.47. The van der Waals surface area contributed by atoms with E-state index in [-0.39, 0.29) is 6.04 Å². The van der Waals surface area contributed by atoms with E-state index in [0.29, 0.717) is 0 Å². The zero-order chi connectivity index (χ0) is 13.0. The van der Waals surface area contributed by atoms with Gasteiger partial charge in [-0.2, -0.15) is 0 Å². The molecule has 0 fully saturated rings. The van der Waals surface area contributed by atoms with Crippen LogP contribution in [0, 0.1) is 6.92 Å². The van der Waals surface area contributed by atoms with Gasteiger partial charge in [-0.1, -0.05) is 6.92 Å². The number of halogens is 1. The highest BCUT2D eigenvalue weighted by molar-refractivity contribution is 9.10. The van der Waals surface area contributed by atoms with E-state index >= 15 is 0 Å². The molecule has 96 valence electrons. The van der Waals surface area contributed by atoms with E-state index in [1.54, 1.807) is 11.3 Å². The normalized spacial score (nSPS) is 12.6. The van der Waals surface area contributed by atoms with E-state index in [0.717, 1.165) is 13.0 Å². The maximum atomic E-state index is 4.18. The Morgan fingerprint density at radius 1 is 1.44 bits per heavy atom. The summed E-state index contributed by atoms with van der Waals surface area (Å²) >= 11 is 5.42. The van der Waals surface area contributed by atoms with Gasteiger partial charge in [0.15, 0.2) is 0 Å². The molecule has 4 heteroatoms. The number of aryl methyl sites for hydroxylation is 1. The lowest BCUT2D eigenvalue weighted by Crippen LogP contribution is -2.23. The van der Waals surface area contributed by atoms with E-state index in [1.807, 2.05) is 12.4 Å². The van der Waals surface area contributed by atoms with Gasteiger partial charge in [0.05, 0.1) is 6.04 Å². The number of hydrogen-bond donors (Lipinski definition) is 1. The Labute approximate surface area is 121 Å². The average Bonchev–Trinajstić information content (AvgIpc) is 2.78. The Hall–Kier alpha value is -0.710. The molecule has 1 N–H and O–H groups in total. The molecule has 2 aromatic heterocycles. The van der Waals surface area contributed by atoms with Crippen LogP contribution in [0.5, 0.6) is 0 Å². The second-order valence-corrected chi connectivity index (χ2v) is 6.05. The molecular formula is C14H17BrN2S. The van der Waals surface area contributed by atoms with Crippen molar-refractivity contribution < 1.29 is 0 Å². The van der Waals surface area contributed by atoms with Crippen molar-refractivity contribution in [3.63, 3.8) is 0 Å². The molecule has 18 heavy (non-hydrogen) atoms. The Morgan fingerprint density at radius 2 is 2.28 bits per heavy atom. The predicted molar refractivity (Wildman–Crippen MR) is 81.1 cm³/mol. The number of aromatic nitrogens is 1. The molecule has 2 aromatic rings. The van der Waals surface area contributed by atoms with Crippen LogP contribution in [0.1, 0.15) is 35.4 Å². The first-order valence-electron chi connectivity index (χ1n) is 6.10. The van der Waals surface area contributed by atoms with E-state index < -0.39 is 0 Å². The van der Waals surface area contributed by atoms with Crippen LogP contribution in [0.3, 0.4) is 0 Å². The van der Waals surface area contributed by atoms with Crippen molar-refractivity contribution in [1.82, 2.24) is 10.3 Å². The molecular weight excluding hydrogens is 308 g/mol. The largest absolute Gasteiger partial charge is 0.306 e. The van der Waals surface area contributed by atoms with Crippen molar-refractivity contribution in [3.05, 3.63) is 50.4 Å². The first kappa shape index (κ1) is 13.7. The maximum Gasteiger partial charge on any atom is 0.0686 e. The number of rotatable bonds is 5. The van der Waals surface area contributed by atoms with Gasteiger partial charge < -0.3 is 5.32 Å².